The summed E-state index contributed by atoms with van der Waals surface area (Å²) in [6.07, 6.45) is 0. The number of thioether (sulfide) groups is 1. The Labute approximate surface area is 167 Å². The molecule has 0 bridgehead atoms. The first kappa shape index (κ1) is 19.0. The maximum atomic E-state index is 12.6. The molecule has 1 atom stereocenters. The van der Waals surface area contributed by atoms with Crippen LogP contribution in [-0.4, -0.2) is 11.2 Å². The number of nitriles is 1. The average Bonchev–Trinajstić information content (AvgIpc) is 3.06. The molecule has 0 saturated heterocycles. The third-order valence-corrected chi connectivity index (χ3v) is 6.07. The SMILES string of the molecule is Cc1ccc(-c2csc(NC(=O)C(C)Sc3ccc(N)cc3)c2C#N)cc1. The lowest BCUT2D eigenvalue weighted by atomic mass is 10.0. The zero-order valence-electron chi connectivity index (χ0n) is 15.0. The Morgan fingerprint density at radius 2 is 1.85 bits per heavy atom. The third kappa shape index (κ3) is 4.51. The number of nitrogens with zero attached hydrogens (tertiary/aromatic N) is 1. The van der Waals surface area contributed by atoms with Gasteiger partial charge in [0.25, 0.3) is 0 Å². The van der Waals surface area contributed by atoms with E-state index in [0.717, 1.165) is 21.6 Å². The molecule has 0 aliphatic carbocycles. The summed E-state index contributed by atoms with van der Waals surface area (Å²) in [5, 5.41) is 14.7. The van der Waals surface area contributed by atoms with Gasteiger partial charge in [-0.25, -0.2) is 0 Å². The van der Waals surface area contributed by atoms with E-state index in [2.05, 4.69) is 11.4 Å². The van der Waals surface area contributed by atoms with Gasteiger partial charge in [0.15, 0.2) is 0 Å². The van der Waals surface area contributed by atoms with Crippen LogP contribution in [0.3, 0.4) is 0 Å². The van der Waals surface area contributed by atoms with Crippen LogP contribution in [0.25, 0.3) is 11.1 Å². The molecule has 1 unspecified atom stereocenters. The number of nitrogens with two attached hydrogens (primary N) is 1. The van der Waals surface area contributed by atoms with Gasteiger partial charge in [0.1, 0.15) is 11.1 Å². The molecule has 136 valence electrons. The molecule has 0 saturated carbocycles. The van der Waals surface area contributed by atoms with E-state index in [0.29, 0.717) is 16.3 Å². The second-order valence-electron chi connectivity index (χ2n) is 6.15. The van der Waals surface area contributed by atoms with E-state index in [1.54, 1.807) is 0 Å². The number of hydrogen-bond donors (Lipinski definition) is 2. The highest BCUT2D eigenvalue weighted by molar-refractivity contribution is 8.00. The molecule has 0 aliphatic rings. The molecule has 3 aromatic rings. The molecular weight excluding hydrogens is 374 g/mol. The van der Waals surface area contributed by atoms with Crippen LogP contribution in [-0.2, 0) is 4.79 Å². The Kier molecular flexibility index (Phi) is 5.84. The van der Waals surface area contributed by atoms with Crippen molar-refractivity contribution in [3.05, 3.63) is 65.0 Å². The molecule has 27 heavy (non-hydrogen) atoms. The minimum absolute atomic E-state index is 0.134. The number of rotatable bonds is 5. The Bertz CT molecular complexity index is 986. The maximum absolute atomic E-state index is 12.6. The van der Waals surface area contributed by atoms with Gasteiger partial charge in [-0.3, -0.25) is 4.79 Å². The van der Waals surface area contributed by atoms with Crippen molar-refractivity contribution in [1.82, 2.24) is 0 Å². The minimum atomic E-state index is -0.301. The number of nitrogens with one attached hydrogen (secondary N) is 1. The summed E-state index contributed by atoms with van der Waals surface area (Å²) in [4.78, 5) is 13.6. The topological polar surface area (TPSA) is 78.9 Å². The van der Waals surface area contributed by atoms with E-state index in [9.17, 15) is 10.1 Å². The lowest BCUT2D eigenvalue weighted by Crippen LogP contribution is -2.22. The van der Waals surface area contributed by atoms with E-state index >= 15 is 0 Å². The van der Waals surface area contributed by atoms with Crippen molar-refractivity contribution >= 4 is 39.7 Å². The second-order valence-corrected chi connectivity index (χ2v) is 8.44. The summed E-state index contributed by atoms with van der Waals surface area (Å²) in [5.74, 6) is -0.134. The van der Waals surface area contributed by atoms with Gasteiger partial charge >= 0.3 is 0 Å². The fourth-order valence-electron chi connectivity index (χ4n) is 2.52. The number of aryl methyl sites for hydroxylation is 1. The molecule has 4 nitrogen and oxygen atoms in total. The fourth-order valence-corrected chi connectivity index (χ4v) is 4.31. The van der Waals surface area contributed by atoms with E-state index in [4.69, 9.17) is 5.73 Å². The Hall–Kier alpha value is -2.75. The van der Waals surface area contributed by atoms with Crippen LogP contribution in [0, 0.1) is 18.3 Å². The number of amides is 1. The van der Waals surface area contributed by atoms with Gasteiger partial charge in [-0.15, -0.1) is 23.1 Å². The molecular formula is C21H19N3OS2. The Morgan fingerprint density at radius 1 is 1.19 bits per heavy atom. The van der Waals surface area contributed by atoms with Crippen LogP contribution >= 0.6 is 23.1 Å². The molecule has 3 N–H and O–H groups in total. The highest BCUT2D eigenvalue weighted by atomic mass is 32.2. The predicted octanol–water partition coefficient (Wildman–Crippen LogP) is 5.30. The molecule has 1 heterocycles. The van der Waals surface area contributed by atoms with Crippen LogP contribution < -0.4 is 11.1 Å². The van der Waals surface area contributed by atoms with Crippen molar-refractivity contribution in [3.63, 3.8) is 0 Å². The molecule has 0 radical (unpaired) electrons. The van der Waals surface area contributed by atoms with E-state index in [-0.39, 0.29) is 11.2 Å². The average molecular weight is 394 g/mol. The van der Waals surface area contributed by atoms with Gasteiger partial charge in [0.05, 0.1) is 10.8 Å². The molecule has 0 spiro atoms. The van der Waals surface area contributed by atoms with Crippen molar-refractivity contribution in [3.8, 4) is 17.2 Å². The highest BCUT2D eigenvalue weighted by Crippen LogP contribution is 2.35. The van der Waals surface area contributed by atoms with E-state index in [1.165, 1.54) is 23.1 Å². The van der Waals surface area contributed by atoms with Gasteiger partial charge < -0.3 is 11.1 Å². The Balaban J connectivity index is 1.75. The molecule has 3 rings (SSSR count). The van der Waals surface area contributed by atoms with Crippen molar-refractivity contribution in [1.29, 1.82) is 5.26 Å². The van der Waals surface area contributed by atoms with Crippen molar-refractivity contribution in [2.45, 2.75) is 24.0 Å². The van der Waals surface area contributed by atoms with E-state index in [1.807, 2.05) is 67.8 Å². The molecule has 2 aromatic carbocycles. The maximum Gasteiger partial charge on any atom is 0.238 e. The molecule has 1 amide bonds. The first-order valence-electron chi connectivity index (χ1n) is 8.39. The van der Waals surface area contributed by atoms with Crippen molar-refractivity contribution in [2.75, 3.05) is 11.1 Å². The number of thiophene rings is 1. The van der Waals surface area contributed by atoms with Crippen LogP contribution in [0.1, 0.15) is 18.1 Å². The van der Waals surface area contributed by atoms with E-state index < -0.39 is 0 Å². The highest BCUT2D eigenvalue weighted by Gasteiger charge is 2.19. The number of nitrogen functional groups attached to an aromatic ring is 1. The van der Waals surface area contributed by atoms with Crippen LogP contribution in [0.15, 0.2) is 58.8 Å². The predicted molar refractivity (Wildman–Crippen MR) is 114 cm³/mol. The normalized spacial score (nSPS) is 11.6. The summed E-state index contributed by atoms with van der Waals surface area (Å²) in [6, 6.07) is 17.6. The van der Waals surface area contributed by atoms with Gasteiger partial charge in [-0.1, -0.05) is 29.8 Å². The third-order valence-electron chi connectivity index (χ3n) is 4.06. The summed E-state index contributed by atoms with van der Waals surface area (Å²) < 4.78 is 0. The summed E-state index contributed by atoms with van der Waals surface area (Å²) in [7, 11) is 0. The monoisotopic (exact) mass is 393 g/mol. The lowest BCUT2D eigenvalue weighted by molar-refractivity contribution is -0.115. The Morgan fingerprint density at radius 3 is 2.48 bits per heavy atom. The molecule has 0 aliphatic heterocycles. The largest absolute Gasteiger partial charge is 0.399 e. The van der Waals surface area contributed by atoms with Crippen LogP contribution in [0.4, 0.5) is 10.7 Å². The lowest BCUT2D eigenvalue weighted by Gasteiger charge is -2.11. The van der Waals surface area contributed by atoms with Gasteiger partial charge in [-0.2, -0.15) is 5.26 Å². The quantitative estimate of drug-likeness (QED) is 0.455. The smallest absolute Gasteiger partial charge is 0.238 e. The standard InChI is InChI=1S/C21H19N3OS2/c1-13-3-5-15(6-4-13)19-12-26-21(18(19)11-22)24-20(25)14(2)27-17-9-7-16(23)8-10-17/h3-10,12,14H,23H2,1-2H3,(H,24,25). The fraction of sp³-hybridized carbons (Fsp3) is 0.143. The molecule has 1 aromatic heterocycles. The molecule has 6 heteroatoms. The zero-order valence-corrected chi connectivity index (χ0v) is 16.7. The van der Waals surface area contributed by atoms with Crippen molar-refractivity contribution < 1.29 is 4.79 Å². The molecule has 0 fully saturated rings. The first-order valence-corrected chi connectivity index (χ1v) is 10.2. The second kappa shape index (κ2) is 8.30. The summed E-state index contributed by atoms with van der Waals surface area (Å²) >= 11 is 2.83. The minimum Gasteiger partial charge on any atom is -0.399 e. The van der Waals surface area contributed by atoms with Gasteiger partial charge in [0.2, 0.25) is 5.91 Å². The first-order chi connectivity index (χ1) is 13.0. The number of benzene rings is 2. The van der Waals surface area contributed by atoms with Crippen molar-refractivity contribution in [2.24, 2.45) is 0 Å². The number of carbonyl (C=O) groups is 1. The van der Waals surface area contributed by atoms with Gasteiger partial charge in [-0.05, 0) is 43.7 Å². The number of anilines is 2. The number of carbonyl (C=O) groups excluding carboxylic acids is 1. The zero-order chi connectivity index (χ0) is 19.4. The van der Waals surface area contributed by atoms with Gasteiger partial charge in [0, 0.05) is 21.5 Å². The summed E-state index contributed by atoms with van der Waals surface area (Å²) in [5.41, 5.74) is 9.86. The number of hydrogen-bond acceptors (Lipinski definition) is 5. The van der Waals surface area contributed by atoms with Crippen LogP contribution in [0.5, 0.6) is 0 Å². The van der Waals surface area contributed by atoms with Crippen LogP contribution in [0.2, 0.25) is 0 Å². The summed E-state index contributed by atoms with van der Waals surface area (Å²) in [6.45, 7) is 3.87.